The van der Waals surface area contributed by atoms with Gasteiger partial charge in [0, 0.05) is 80.7 Å². The second-order valence-electron chi connectivity index (χ2n) is 12.6. The number of aliphatic hydroxyl groups is 1. The van der Waals surface area contributed by atoms with Gasteiger partial charge in [0.15, 0.2) is 0 Å². The summed E-state index contributed by atoms with van der Waals surface area (Å²) in [5.74, 6) is -1.83. The molecule has 1 aromatic heterocycles. The van der Waals surface area contributed by atoms with E-state index in [1.165, 1.54) is 28.3 Å². The van der Waals surface area contributed by atoms with Gasteiger partial charge in [-0.25, -0.2) is 18.4 Å². The Morgan fingerprint density at radius 3 is 2.46 bits per heavy atom. The molecular formula is C33H39ClF2N8O3S. The highest BCUT2D eigenvalue weighted by Crippen LogP contribution is 2.36. The first-order valence-corrected chi connectivity index (χ1v) is 17.3. The van der Waals surface area contributed by atoms with Crippen molar-refractivity contribution < 1.29 is 23.5 Å². The van der Waals surface area contributed by atoms with E-state index in [2.05, 4.69) is 19.9 Å². The molecule has 3 N–H and O–H groups in total. The van der Waals surface area contributed by atoms with Crippen molar-refractivity contribution in [3.8, 4) is 0 Å². The van der Waals surface area contributed by atoms with Gasteiger partial charge in [0.25, 0.3) is 11.1 Å². The predicted molar refractivity (Wildman–Crippen MR) is 181 cm³/mol. The van der Waals surface area contributed by atoms with Gasteiger partial charge in [-0.05, 0) is 67.4 Å². The Balaban J connectivity index is 1.02. The van der Waals surface area contributed by atoms with Gasteiger partial charge in [0.1, 0.15) is 29.9 Å². The molecule has 1 atom stereocenters. The summed E-state index contributed by atoms with van der Waals surface area (Å²) in [5, 5.41) is 16.1. The summed E-state index contributed by atoms with van der Waals surface area (Å²) in [7, 11) is 0. The van der Waals surface area contributed by atoms with Crippen LogP contribution in [0.25, 0.3) is 6.08 Å². The first-order valence-electron chi connectivity index (χ1n) is 16.1. The number of piperazine rings is 1. The number of piperidine rings is 1. The van der Waals surface area contributed by atoms with Crippen LogP contribution in [-0.4, -0.2) is 111 Å². The topological polar surface area (TPSA) is 124 Å². The standard InChI is InChI=1S/C33H39ClF2N8O3S/c34-24-3-2-23(29(17-24)42-10-6-26(37)7-11-42)16-30-31(45)44(32(46)48-30)9-1-8-40-12-14-41(15-13-40)19-33(47,20-43-22-38-21-39-43)27-5-4-25(35)18-28(27)36/h2-5,16-18,21-22,26,47H,1,6-15,19-20,37H2/b30-16-. The maximum Gasteiger partial charge on any atom is 0.293 e. The number of aromatic nitrogens is 3. The number of hydrogen-bond donors (Lipinski definition) is 2. The fourth-order valence-electron chi connectivity index (χ4n) is 6.55. The summed E-state index contributed by atoms with van der Waals surface area (Å²) in [5.41, 5.74) is 6.20. The molecule has 256 valence electrons. The maximum absolute atomic E-state index is 14.8. The third-order valence-electron chi connectivity index (χ3n) is 9.16. The molecule has 3 fully saturated rings. The second-order valence-corrected chi connectivity index (χ2v) is 14.0. The second kappa shape index (κ2) is 15.0. The van der Waals surface area contributed by atoms with Crippen LogP contribution in [0.1, 0.15) is 30.4 Å². The first-order chi connectivity index (χ1) is 23.1. The van der Waals surface area contributed by atoms with Crippen LogP contribution in [0.3, 0.4) is 0 Å². The number of thioether (sulfide) groups is 1. The van der Waals surface area contributed by atoms with Crippen molar-refractivity contribution >= 4 is 46.3 Å². The van der Waals surface area contributed by atoms with E-state index < -0.39 is 17.2 Å². The van der Waals surface area contributed by atoms with Gasteiger partial charge in [-0.2, -0.15) is 5.10 Å². The number of carbonyl (C=O) groups is 2. The fourth-order valence-corrected chi connectivity index (χ4v) is 7.57. The SMILES string of the molecule is NC1CCN(c2cc(Cl)ccc2/C=C2\SC(=O)N(CCCN3CCN(CC(O)(Cn4cncn4)c4ccc(F)cc4F)CC3)C2=O)CC1. The van der Waals surface area contributed by atoms with Gasteiger partial charge < -0.3 is 20.6 Å². The number of nitrogens with two attached hydrogens (primary N) is 1. The lowest BCUT2D eigenvalue weighted by Crippen LogP contribution is -2.52. The van der Waals surface area contributed by atoms with Crippen LogP contribution in [0, 0.1) is 11.6 Å². The van der Waals surface area contributed by atoms with Crippen molar-refractivity contribution in [1.82, 2.24) is 29.5 Å². The van der Waals surface area contributed by atoms with Gasteiger partial charge in [0.05, 0.1) is 11.4 Å². The summed E-state index contributed by atoms with van der Waals surface area (Å²) in [6, 6.07) is 8.92. The van der Waals surface area contributed by atoms with Crippen molar-refractivity contribution in [3.63, 3.8) is 0 Å². The highest BCUT2D eigenvalue weighted by Gasteiger charge is 2.37. The van der Waals surface area contributed by atoms with Crippen molar-refractivity contribution in [2.24, 2.45) is 5.73 Å². The third kappa shape index (κ3) is 8.07. The average molecular weight is 701 g/mol. The molecule has 3 saturated heterocycles. The van der Waals surface area contributed by atoms with E-state index in [-0.39, 0.29) is 35.8 Å². The van der Waals surface area contributed by atoms with E-state index in [4.69, 9.17) is 17.3 Å². The van der Waals surface area contributed by atoms with Crippen LogP contribution >= 0.6 is 23.4 Å². The van der Waals surface area contributed by atoms with E-state index in [1.807, 2.05) is 17.0 Å². The predicted octanol–water partition coefficient (Wildman–Crippen LogP) is 3.77. The number of anilines is 1. The molecule has 3 aromatic rings. The van der Waals surface area contributed by atoms with Gasteiger partial charge in [-0.15, -0.1) is 0 Å². The zero-order chi connectivity index (χ0) is 33.8. The largest absolute Gasteiger partial charge is 0.382 e. The van der Waals surface area contributed by atoms with E-state index in [0.29, 0.717) is 55.6 Å². The summed E-state index contributed by atoms with van der Waals surface area (Å²) in [6.07, 6.45) is 6.93. The smallest absolute Gasteiger partial charge is 0.293 e. The van der Waals surface area contributed by atoms with E-state index in [0.717, 1.165) is 61.1 Å². The van der Waals surface area contributed by atoms with Gasteiger partial charge >= 0.3 is 0 Å². The molecule has 3 aliphatic rings. The highest BCUT2D eigenvalue weighted by molar-refractivity contribution is 8.18. The van der Waals surface area contributed by atoms with E-state index in [1.54, 1.807) is 12.1 Å². The third-order valence-corrected chi connectivity index (χ3v) is 10.3. The van der Waals surface area contributed by atoms with Crippen LogP contribution in [0.15, 0.2) is 54.0 Å². The minimum Gasteiger partial charge on any atom is -0.382 e. The van der Waals surface area contributed by atoms with Crippen molar-refractivity contribution in [2.45, 2.75) is 37.5 Å². The molecule has 0 saturated carbocycles. The molecule has 2 aromatic carbocycles. The molecule has 0 radical (unpaired) electrons. The van der Waals surface area contributed by atoms with Crippen molar-refractivity contribution in [3.05, 3.63) is 81.7 Å². The van der Waals surface area contributed by atoms with Gasteiger partial charge in [-0.3, -0.25) is 19.4 Å². The molecule has 2 amide bonds. The monoisotopic (exact) mass is 700 g/mol. The molecule has 1 unspecified atom stereocenters. The molecule has 3 aliphatic heterocycles. The molecular weight excluding hydrogens is 662 g/mol. The lowest BCUT2D eigenvalue weighted by Gasteiger charge is -2.39. The Bertz CT molecular complexity index is 1650. The Morgan fingerprint density at radius 2 is 1.75 bits per heavy atom. The highest BCUT2D eigenvalue weighted by atomic mass is 35.5. The summed E-state index contributed by atoms with van der Waals surface area (Å²) in [4.78, 5) is 38.3. The lowest BCUT2D eigenvalue weighted by molar-refractivity contribution is -0.122. The number of β-amino-alcohol motifs (C(OH)–C–C–N with tert-alkyl or cyclic N) is 1. The van der Waals surface area contributed by atoms with Crippen LogP contribution in [0.4, 0.5) is 19.3 Å². The molecule has 48 heavy (non-hydrogen) atoms. The number of hydrogen-bond acceptors (Lipinski definition) is 10. The van der Waals surface area contributed by atoms with Crippen LogP contribution < -0.4 is 10.6 Å². The summed E-state index contributed by atoms with van der Waals surface area (Å²) >= 11 is 7.28. The summed E-state index contributed by atoms with van der Waals surface area (Å²) < 4.78 is 29.9. The number of rotatable bonds is 11. The molecule has 0 spiro atoms. The number of nitrogens with zero attached hydrogens (tertiary/aromatic N) is 7. The van der Waals surface area contributed by atoms with Crippen LogP contribution in [0.5, 0.6) is 0 Å². The quantitative estimate of drug-likeness (QED) is 0.286. The summed E-state index contributed by atoms with van der Waals surface area (Å²) in [6.45, 7) is 5.26. The Hall–Kier alpha value is -3.40. The molecule has 15 heteroatoms. The van der Waals surface area contributed by atoms with Crippen LogP contribution in [0.2, 0.25) is 5.02 Å². The first kappa shape index (κ1) is 34.5. The number of imide groups is 1. The molecule has 0 bridgehead atoms. The zero-order valence-corrected chi connectivity index (χ0v) is 28.1. The van der Waals surface area contributed by atoms with E-state index >= 15 is 0 Å². The molecule has 6 rings (SSSR count). The van der Waals surface area contributed by atoms with Gasteiger partial charge in [-0.1, -0.05) is 23.7 Å². The van der Waals surface area contributed by atoms with Crippen LogP contribution in [-0.2, 0) is 16.9 Å². The Kier molecular flexibility index (Phi) is 10.8. The molecule has 0 aliphatic carbocycles. The van der Waals surface area contributed by atoms with Gasteiger partial charge in [0.2, 0.25) is 0 Å². The number of halogens is 3. The molecule has 4 heterocycles. The minimum atomic E-state index is -1.67. The Labute approximate surface area is 287 Å². The lowest BCUT2D eigenvalue weighted by atomic mass is 9.92. The number of carbonyl (C=O) groups excluding carboxylic acids is 2. The van der Waals surface area contributed by atoms with Crippen molar-refractivity contribution in [2.75, 3.05) is 63.8 Å². The average Bonchev–Trinajstić information content (AvgIpc) is 3.66. The van der Waals surface area contributed by atoms with E-state index in [9.17, 15) is 23.5 Å². The normalized spacial score (nSPS) is 20.6. The van der Waals surface area contributed by atoms with Crippen molar-refractivity contribution in [1.29, 1.82) is 0 Å². The Morgan fingerprint density at radius 1 is 1.00 bits per heavy atom. The molecule has 11 nitrogen and oxygen atoms in total. The number of benzene rings is 2. The number of amides is 2. The maximum atomic E-state index is 14.8. The fraction of sp³-hybridized carbons (Fsp3) is 0.455. The zero-order valence-electron chi connectivity index (χ0n) is 26.5. The minimum absolute atomic E-state index is 0.00316.